The summed E-state index contributed by atoms with van der Waals surface area (Å²) in [4.78, 5) is 21.3. The molecule has 1 aliphatic heterocycles. The van der Waals surface area contributed by atoms with Gasteiger partial charge in [-0.1, -0.05) is 33.1 Å². The maximum Gasteiger partial charge on any atom is 0.237 e. The Balaban J connectivity index is 1.54. The number of amides is 1. The fourth-order valence-electron chi connectivity index (χ4n) is 3.54. The molecule has 0 radical (unpaired) electrons. The lowest BCUT2D eigenvalue weighted by Gasteiger charge is -2.40. The van der Waals surface area contributed by atoms with E-state index in [2.05, 4.69) is 28.6 Å². The minimum absolute atomic E-state index is 0.283. The Morgan fingerprint density at radius 2 is 2.05 bits per heavy atom. The summed E-state index contributed by atoms with van der Waals surface area (Å²) in [5.74, 6) is 1.37. The zero-order valence-electron chi connectivity index (χ0n) is 13.8. The number of hydrogen-bond donors (Lipinski definition) is 0. The molecular formula is C17H27N3O2. The number of piperazine rings is 1. The number of nitrogens with zero attached hydrogens (tertiary/aromatic N) is 3. The van der Waals surface area contributed by atoms with E-state index >= 15 is 0 Å². The van der Waals surface area contributed by atoms with Crippen LogP contribution in [0.25, 0.3) is 0 Å². The number of hydrogen-bond acceptors (Lipinski definition) is 4. The van der Waals surface area contributed by atoms with Crippen molar-refractivity contribution in [3.63, 3.8) is 0 Å². The number of oxazole rings is 1. The first-order valence-corrected chi connectivity index (χ1v) is 8.59. The monoisotopic (exact) mass is 305 g/mol. The van der Waals surface area contributed by atoms with Gasteiger partial charge in [-0.2, -0.15) is 0 Å². The zero-order valence-corrected chi connectivity index (χ0v) is 13.8. The lowest BCUT2D eigenvalue weighted by Crippen LogP contribution is -2.54. The fraction of sp³-hybridized carbons (Fsp3) is 0.765. The van der Waals surface area contributed by atoms with Crippen LogP contribution in [0.3, 0.4) is 0 Å². The summed E-state index contributed by atoms with van der Waals surface area (Å²) >= 11 is 0. The summed E-state index contributed by atoms with van der Waals surface area (Å²) in [5, 5.41) is 0. The van der Waals surface area contributed by atoms with Gasteiger partial charge in [-0.25, -0.2) is 4.98 Å². The van der Waals surface area contributed by atoms with Crippen LogP contribution in [0.5, 0.6) is 0 Å². The molecule has 1 saturated carbocycles. The molecule has 5 heteroatoms. The molecule has 122 valence electrons. The third kappa shape index (κ3) is 3.51. The predicted molar refractivity (Wildman–Crippen MR) is 84.5 cm³/mol. The van der Waals surface area contributed by atoms with Crippen molar-refractivity contribution >= 4 is 5.91 Å². The zero-order chi connectivity index (χ0) is 15.5. The van der Waals surface area contributed by atoms with Gasteiger partial charge in [-0.3, -0.25) is 9.69 Å². The van der Waals surface area contributed by atoms with Crippen molar-refractivity contribution in [3.05, 3.63) is 17.8 Å². The molecule has 2 aliphatic rings. The molecule has 22 heavy (non-hydrogen) atoms. The van der Waals surface area contributed by atoms with Crippen LogP contribution in [0.1, 0.15) is 63.5 Å². The molecule has 1 saturated heterocycles. The molecule has 0 N–H and O–H groups in total. The second-order valence-corrected chi connectivity index (χ2v) is 6.92. The first kappa shape index (κ1) is 15.5. The highest BCUT2D eigenvalue weighted by Crippen LogP contribution is 2.24. The number of aromatic nitrogens is 1. The molecular weight excluding hydrogens is 278 g/mol. The maximum atomic E-state index is 12.4. The summed E-state index contributed by atoms with van der Waals surface area (Å²) in [6.45, 7) is 7.16. The molecule has 0 unspecified atom stereocenters. The second kappa shape index (κ2) is 6.82. The Morgan fingerprint density at radius 1 is 1.27 bits per heavy atom. The first-order chi connectivity index (χ1) is 10.6. The van der Waals surface area contributed by atoms with E-state index in [0.29, 0.717) is 25.0 Å². The van der Waals surface area contributed by atoms with Crippen molar-refractivity contribution in [2.24, 2.45) is 0 Å². The normalized spacial score (nSPS) is 21.8. The van der Waals surface area contributed by atoms with E-state index in [1.165, 1.54) is 32.1 Å². The Bertz CT molecular complexity index is 506. The molecule has 2 fully saturated rings. The van der Waals surface area contributed by atoms with Crippen molar-refractivity contribution in [2.45, 2.75) is 64.5 Å². The number of carbonyl (C=O) groups excluding carboxylic acids is 1. The maximum absolute atomic E-state index is 12.4. The summed E-state index contributed by atoms with van der Waals surface area (Å²) in [6.07, 6.45) is 7.98. The molecule has 0 spiro atoms. The van der Waals surface area contributed by atoms with Crippen LogP contribution in [-0.4, -0.2) is 46.4 Å². The standard InChI is InChI=1S/C17H27N3O2/c1-13(2)17-18-14(12-22-17)10-19-8-9-20(16(21)11-19)15-6-4-3-5-7-15/h12-13,15H,3-11H2,1-2H3. The third-order valence-corrected chi connectivity index (χ3v) is 4.80. The van der Waals surface area contributed by atoms with Crippen LogP contribution in [0, 0.1) is 0 Å². The van der Waals surface area contributed by atoms with E-state index in [-0.39, 0.29) is 5.91 Å². The number of carbonyl (C=O) groups is 1. The lowest BCUT2D eigenvalue weighted by molar-refractivity contribution is -0.139. The lowest BCUT2D eigenvalue weighted by atomic mass is 9.93. The van der Waals surface area contributed by atoms with Gasteiger partial charge < -0.3 is 9.32 Å². The Kier molecular flexibility index (Phi) is 4.81. The van der Waals surface area contributed by atoms with Crippen LogP contribution in [0.15, 0.2) is 10.7 Å². The SMILES string of the molecule is CC(C)c1nc(CN2CCN(C3CCCCC3)C(=O)C2)co1. The average molecular weight is 305 g/mol. The van der Waals surface area contributed by atoms with Crippen LogP contribution in [-0.2, 0) is 11.3 Å². The molecule has 2 heterocycles. The minimum Gasteiger partial charge on any atom is -0.448 e. The quantitative estimate of drug-likeness (QED) is 0.858. The van der Waals surface area contributed by atoms with E-state index in [9.17, 15) is 4.79 Å². The average Bonchev–Trinajstić information content (AvgIpc) is 2.97. The van der Waals surface area contributed by atoms with Crippen molar-refractivity contribution in [1.82, 2.24) is 14.8 Å². The smallest absolute Gasteiger partial charge is 0.237 e. The highest BCUT2D eigenvalue weighted by atomic mass is 16.3. The largest absolute Gasteiger partial charge is 0.448 e. The predicted octanol–water partition coefficient (Wildman–Crippen LogP) is 2.77. The van der Waals surface area contributed by atoms with E-state index in [0.717, 1.165) is 24.7 Å². The molecule has 3 rings (SSSR count). The van der Waals surface area contributed by atoms with E-state index < -0.39 is 0 Å². The van der Waals surface area contributed by atoms with Crippen LogP contribution in [0.2, 0.25) is 0 Å². The van der Waals surface area contributed by atoms with Crippen molar-refractivity contribution in [1.29, 1.82) is 0 Å². The summed E-state index contributed by atoms with van der Waals surface area (Å²) in [7, 11) is 0. The molecule has 0 bridgehead atoms. The topological polar surface area (TPSA) is 49.6 Å². The van der Waals surface area contributed by atoms with E-state index in [1.807, 2.05) is 0 Å². The van der Waals surface area contributed by atoms with Gasteiger partial charge in [-0.05, 0) is 12.8 Å². The summed E-state index contributed by atoms with van der Waals surface area (Å²) < 4.78 is 5.48. The van der Waals surface area contributed by atoms with Gasteiger partial charge in [0.1, 0.15) is 6.26 Å². The second-order valence-electron chi connectivity index (χ2n) is 6.92. The first-order valence-electron chi connectivity index (χ1n) is 8.59. The fourth-order valence-corrected chi connectivity index (χ4v) is 3.54. The van der Waals surface area contributed by atoms with E-state index in [4.69, 9.17) is 4.42 Å². The van der Waals surface area contributed by atoms with Gasteiger partial charge in [0.25, 0.3) is 0 Å². The summed E-state index contributed by atoms with van der Waals surface area (Å²) in [5.41, 5.74) is 0.933. The van der Waals surface area contributed by atoms with Crippen molar-refractivity contribution in [3.8, 4) is 0 Å². The highest BCUT2D eigenvalue weighted by molar-refractivity contribution is 5.79. The molecule has 1 aromatic heterocycles. The molecule has 1 amide bonds. The summed E-state index contributed by atoms with van der Waals surface area (Å²) in [6, 6.07) is 0.489. The molecule has 1 aliphatic carbocycles. The van der Waals surface area contributed by atoms with Gasteiger partial charge >= 0.3 is 0 Å². The van der Waals surface area contributed by atoms with Crippen molar-refractivity contribution < 1.29 is 9.21 Å². The van der Waals surface area contributed by atoms with Crippen LogP contribution < -0.4 is 0 Å². The van der Waals surface area contributed by atoms with Crippen LogP contribution in [0.4, 0.5) is 0 Å². The molecule has 0 atom stereocenters. The van der Waals surface area contributed by atoms with Gasteiger partial charge in [0.2, 0.25) is 5.91 Å². The molecule has 1 aromatic rings. The van der Waals surface area contributed by atoms with Crippen LogP contribution >= 0.6 is 0 Å². The third-order valence-electron chi connectivity index (χ3n) is 4.80. The Morgan fingerprint density at radius 3 is 2.68 bits per heavy atom. The van der Waals surface area contributed by atoms with Gasteiger partial charge in [0.05, 0.1) is 12.2 Å². The minimum atomic E-state index is 0.283. The molecule has 0 aromatic carbocycles. The van der Waals surface area contributed by atoms with Gasteiger partial charge in [0.15, 0.2) is 5.89 Å². The Labute approximate surface area is 132 Å². The van der Waals surface area contributed by atoms with E-state index in [1.54, 1.807) is 6.26 Å². The molecule has 5 nitrogen and oxygen atoms in total. The van der Waals surface area contributed by atoms with Gasteiger partial charge in [-0.15, -0.1) is 0 Å². The van der Waals surface area contributed by atoms with Gasteiger partial charge in [0, 0.05) is 31.6 Å². The highest BCUT2D eigenvalue weighted by Gasteiger charge is 2.30. The van der Waals surface area contributed by atoms with Crippen molar-refractivity contribution in [2.75, 3.05) is 19.6 Å². The number of rotatable bonds is 4. The Hall–Kier alpha value is -1.36.